The number of rotatable bonds is 3. The van der Waals surface area contributed by atoms with E-state index in [-0.39, 0.29) is 49.1 Å². The van der Waals surface area contributed by atoms with Crippen LogP contribution in [-0.4, -0.2) is 45.5 Å². The molecule has 5 nitrogen and oxygen atoms in total. The van der Waals surface area contributed by atoms with Gasteiger partial charge in [-0.1, -0.05) is 0 Å². The first-order valence-corrected chi connectivity index (χ1v) is 6.21. The topological polar surface area (TPSA) is 75.3 Å². The van der Waals surface area contributed by atoms with Crippen molar-refractivity contribution in [1.82, 2.24) is 10.6 Å². The van der Waals surface area contributed by atoms with Gasteiger partial charge < -0.3 is 10.6 Å². The van der Waals surface area contributed by atoms with E-state index in [9.17, 15) is 13.2 Å². The van der Waals surface area contributed by atoms with Gasteiger partial charge in [0, 0.05) is 18.8 Å². The van der Waals surface area contributed by atoms with E-state index >= 15 is 0 Å². The highest BCUT2D eigenvalue weighted by Gasteiger charge is 2.17. The summed E-state index contributed by atoms with van der Waals surface area (Å²) >= 11 is 0. The van der Waals surface area contributed by atoms with Gasteiger partial charge in [0.25, 0.3) is 0 Å². The van der Waals surface area contributed by atoms with Crippen LogP contribution in [0.2, 0.25) is 0 Å². The summed E-state index contributed by atoms with van der Waals surface area (Å²) in [5.74, 6) is 0.135. The molecule has 1 aliphatic rings. The molecule has 1 rings (SSSR count). The number of amides is 1. The number of carbonyl (C=O) groups is 1. The zero-order chi connectivity index (χ0) is 9.90. The summed E-state index contributed by atoms with van der Waals surface area (Å²) in [4.78, 5) is 10.7. The molecule has 0 aromatic heterocycles. The average molecular weight is 279 g/mol. The van der Waals surface area contributed by atoms with E-state index in [4.69, 9.17) is 0 Å². The number of halogens is 2. The molecule has 0 unspecified atom stereocenters. The van der Waals surface area contributed by atoms with Crippen molar-refractivity contribution in [3.8, 4) is 0 Å². The van der Waals surface area contributed by atoms with Gasteiger partial charge in [0.05, 0.1) is 12.3 Å². The second-order valence-corrected chi connectivity index (χ2v) is 5.56. The molecule has 1 heterocycles. The molecule has 0 aromatic carbocycles. The third-order valence-corrected chi connectivity index (χ3v) is 2.91. The minimum Gasteiger partial charge on any atom is -0.353 e. The molecule has 0 saturated carbocycles. The predicted octanol–water partition coefficient (Wildman–Crippen LogP) is -0.647. The molecule has 0 radical (unpaired) electrons. The van der Waals surface area contributed by atoms with Crippen molar-refractivity contribution < 1.29 is 13.2 Å². The van der Waals surface area contributed by atoms with Gasteiger partial charge in [-0.3, -0.25) is 4.79 Å². The van der Waals surface area contributed by atoms with Gasteiger partial charge in [0.2, 0.25) is 5.91 Å². The molecule has 1 amide bonds. The first-order chi connectivity index (χ1) is 5.97. The van der Waals surface area contributed by atoms with Crippen molar-refractivity contribution >= 4 is 40.6 Å². The van der Waals surface area contributed by atoms with Crippen molar-refractivity contribution in [1.29, 1.82) is 0 Å². The fraction of sp³-hybridized carbons (Fsp3) is 0.857. The van der Waals surface area contributed by atoms with Gasteiger partial charge in [-0.2, -0.15) is 0 Å². The van der Waals surface area contributed by atoms with E-state index in [2.05, 4.69) is 10.6 Å². The molecule has 1 aliphatic heterocycles. The first-order valence-electron chi connectivity index (χ1n) is 4.15. The highest BCUT2D eigenvalue weighted by atomic mass is 35.5. The van der Waals surface area contributed by atoms with Gasteiger partial charge in [-0.15, -0.1) is 24.8 Å². The van der Waals surface area contributed by atoms with Crippen LogP contribution in [0.1, 0.15) is 6.42 Å². The number of carbonyl (C=O) groups excluding carboxylic acids is 1. The normalized spacial score (nSPS) is 20.9. The number of sulfone groups is 1. The molecule has 0 spiro atoms. The van der Waals surface area contributed by atoms with Crippen molar-refractivity contribution in [2.24, 2.45) is 0 Å². The summed E-state index contributed by atoms with van der Waals surface area (Å²) in [5.41, 5.74) is 0. The van der Waals surface area contributed by atoms with E-state index in [1.165, 1.54) is 6.26 Å². The molecular weight excluding hydrogens is 263 g/mol. The minimum absolute atomic E-state index is 0. The molecule has 8 heteroatoms. The van der Waals surface area contributed by atoms with E-state index < -0.39 is 9.84 Å². The Morgan fingerprint density at radius 1 is 1.40 bits per heavy atom. The van der Waals surface area contributed by atoms with Gasteiger partial charge in [0.15, 0.2) is 0 Å². The Balaban J connectivity index is 0. The maximum absolute atomic E-state index is 10.8. The highest BCUT2D eigenvalue weighted by Crippen LogP contribution is 1.97. The molecule has 0 bridgehead atoms. The van der Waals surface area contributed by atoms with Gasteiger partial charge in [0.1, 0.15) is 9.84 Å². The lowest BCUT2D eigenvalue weighted by Crippen LogP contribution is -2.52. The Hall–Kier alpha value is -0.0400. The summed E-state index contributed by atoms with van der Waals surface area (Å²) in [6.45, 7) is 0.808. The van der Waals surface area contributed by atoms with Crippen LogP contribution in [0.5, 0.6) is 0 Å². The number of hydrogen-bond donors (Lipinski definition) is 2. The van der Waals surface area contributed by atoms with Crippen LogP contribution < -0.4 is 10.6 Å². The molecule has 1 saturated heterocycles. The molecular formula is C7H16Cl2N2O3S. The van der Waals surface area contributed by atoms with Crippen LogP contribution in [-0.2, 0) is 14.6 Å². The maximum Gasteiger partial charge on any atom is 0.234 e. The zero-order valence-electron chi connectivity index (χ0n) is 8.36. The maximum atomic E-state index is 10.8. The molecule has 0 aliphatic carbocycles. The Morgan fingerprint density at radius 3 is 2.40 bits per heavy atom. The fourth-order valence-electron chi connectivity index (χ4n) is 1.17. The van der Waals surface area contributed by atoms with Crippen molar-refractivity contribution in [3.05, 3.63) is 0 Å². The quantitative estimate of drug-likeness (QED) is 0.720. The third kappa shape index (κ3) is 7.84. The SMILES string of the molecule is CS(=O)(=O)CC[C@H]1CNC(=O)CN1.Cl.Cl. The Kier molecular flexibility index (Phi) is 8.41. The Bertz CT molecular complexity index is 285. The third-order valence-electron chi connectivity index (χ3n) is 1.93. The first kappa shape index (κ1) is 17.4. The lowest BCUT2D eigenvalue weighted by molar-refractivity contribution is -0.121. The molecule has 1 atom stereocenters. The second-order valence-electron chi connectivity index (χ2n) is 3.30. The zero-order valence-corrected chi connectivity index (χ0v) is 10.8. The standard InChI is InChI=1S/C7H14N2O3S.2ClH/c1-13(11,12)3-2-6-4-9-7(10)5-8-6;;/h6,8H,2-5H2,1H3,(H,9,10);2*1H/t6-;;/m0../s1. The van der Waals surface area contributed by atoms with Gasteiger partial charge in [-0.05, 0) is 6.42 Å². The average Bonchev–Trinajstić information content (AvgIpc) is 2.02. The largest absolute Gasteiger partial charge is 0.353 e. The van der Waals surface area contributed by atoms with Crippen molar-refractivity contribution in [2.45, 2.75) is 12.5 Å². The predicted molar refractivity (Wildman–Crippen MR) is 63.6 cm³/mol. The summed E-state index contributed by atoms with van der Waals surface area (Å²) in [7, 11) is -2.89. The van der Waals surface area contributed by atoms with E-state index in [1.54, 1.807) is 0 Å². The van der Waals surface area contributed by atoms with Crippen LogP contribution in [0.15, 0.2) is 0 Å². The van der Waals surface area contributed by atoms with Crippen LogP contribution in [0.25, 0.3) is 0 Å². The summed E-state index contributed by atoms with van der Waals surface area (Å²) in [6, 6.07) is 0.0902. The van der Waals surface area contributed by atoms with Crippen LogP contribution in [0, 0.1) is 0 Å². The van der Waals surface area contributed by atoms with Gasteiger partial charge >= 0.3 is 0 Å². The lowest BCUT2D eigenvalue weighted by Gasteiger charge is -2.23. The van der Waals surface area contributed by atoms with Crippen molar-refractivity contribution in [3.63, 3.8) is 0 Å². The molecule has 2 N–H and O–H groups in total. The van der Waals surface area contributed by atoms with Crippen LogP contribution in [0.3, 0.4) is 0 Å². The lowest BCUT2D eigenvalue weighted by atomic mass is 10.2. The van der Waals surface area contributed by atoms with Gasteiger partial charge in [-0.25, -0.2) is 8.42 Å². The molecule has 0 aromatic rings. The summed E-state index contributed by atoms with van der Waals surface area (Å²) in [6.07, 6.45) is 1.77. The molecule has 15 heavy (non-hydrogen) atoms. The summed E-state index contributed by atoms with van der Waals surface area (Å²) in [5, 5.41) is 5.64. The number of nitrogens with one attached hydrogen (secondary N) is 2. The minimum atomic E-state index is -2.89. The smallest absolute Gasteiger partial charge is 0.234 e. The van der Waals surface area contributed by atoms with E-state index in [0.717, 1.165) is 0 Å². The van der Waals surface area contributed by atoms with Crippen LogP contribution in [0.4, 0.5) is 0 Å². The number of piperazine rings is 1. The number of hydrogen-bond acceptors (Lipinski definition) is 4. The highest BCUT2D eigenvalue weighted by molar-refractivity contribution is 7.90. The van der Waals surface area contributed by atoms with Crippen molar-refractivity contribution in [2.75, 3.05) is 25.1 Å². The van der Waals surface area contributed by atoms with E-state index in [0.29, 0.717) is 13.0 Å². The van der Waals surface area contributed by atoms with Crippen LogP contribution >= 0.6 is 24.8 Å². The molecule has 92 valence electrons. The monoisotopic (exact) mass is 278 g/mol. The Labute approximate surface area is 102 Å². The molecule has 1 fully saturated rings. The van der Waals surface area contributed by atoms with E-state index in [1.807, 2.05) is 0 Å². The Morgan fingerprint density at radius 2 is 2.00 bits per heavy atom. The second kappa shape index (κ2) is 7.27. The fourth-order valence-corrected chi connectivity index (χ4v) is 1.88. The summed E-state index contributed by atoms with van der Waals surface area (Å²) < 4.78 is 21.6.